The van der Waals surface area contributed by atoms with E-state index in [9.17, 15) is 2.74 Å². The van der Waals surface area contributed by atoms with Crippen molar-refractivity contribution < 1.29 is 33.4 Å². The molecule has 3 aromatic carbocycles. The highest BCUT2D eigenvalue weighted by Gasteiger charge is 2.31. The Hall–Kier alpha value is -2.87. The molecule has 0 aliphatic rings. The first-order valence-corrected chi connectivity index (χ1v) is 9.87. The summed E-state index contributed by atoms with van der Waals surface area (Å²) in [7, 11) is 1.55. The molecule has 0 N–H and O–H groups in total. The predicted octanol–water partition coefficient (Wildman–Crippen LogP) is 7.80. The van der Waals surface area contributed by atoms with E-state index in [1.54, 1.807) is 54.9 Å². The van der Waals surface area contributed by atoms with Gasteiger partial charge in [0.15, 0.2) is 11.0 Å². The third kappa shape index (κ3) is 3.66. The van der Waals surface area contributed by atoms with Gasteiger partial charge in [0, 0.05) is 39.9 Å². The van der Waals surface area contributed by atoms with Crippen LogP contribution in [0.3, 0.4) is 0 Å². The summed E-state index contributed by atoms with van der Waals surface area (Å²) in [6, 6.07) is 13.6. The van der Waals surface area contributed by atoms with E-state index < -0.39 is 81.2 Å². The number of hydrogen-bond acceptors (Lipinski definition) is 0. The van der Waals surface area contributed by atoms with Crippen molar-refractivity contribution in [2.24, 2.45) is 7.05 Å². The van der Waals surface area contributed by atoms with E-state index in [0.29, 0.717) is 28.8 Å². The van der Waals surface area contributed by atoms with Gasteiger partial charge < -0.3 is 0 Å². The summed E-state index contributed by atoms with van der Waals surface area (Å²) in [4.78, 5) is 0. The smallest absolute Gasteiger partial charge is 0.225 e. The highest BCUT2D eigenvalue weighted by Crippen LogP contribution is 2.39. The molecule has 0 saturated carbocycles. The Kier molecular flexibility index (Phi) is 2.19. The Morgan fingerprint density at radius 3 is 2.03 bits per heavy atom. The summed E-state index contributed by atoms with van der Waals surface area (Å²) in [6.07, 6.45) is 0. The minimum atomic E-state index is -3.91. The van der Waals surface area contributed by atoms with Crippen molar-refractivity contribution in [2.45, 2.75) is 65.7 Å². The summed E-state index contributed by atoms with van der Waals surface area (Å²) >= 11 is 0. The molecule has 0 amide bonds. The fourth-order valence-corrected chi connectivity index (χ4v) is 4.07. The average molecular weight is 447 g/mol. The fraction of sp³-hybridized carbons (Fsp3) is 0.367. The van der Waals surface area contributed by atoms with Crippen molar-refractivity contribution in [1.29, 1.82) is 0 Å². The van der Waals surface area contributed by atoms with E-state index in [1.165, 1.54) is 12.1 Å². The number of benzene rings is 3. The maximum absolute atomic E-state index is 9.38. The first-order chi connectivity index (χ1) is 23.6. The number of aromatic nitrogens is 2. The van der Waals surface area contributed by atoms with Crippen LogP contribution in [-0.4, -0.2) is 4.57 Å². The first-order valence-electron chi connectivity index (χ1n) is 20.4. The Labute approximate surface area is 223 Å². The van der Waals surface area contributed by atoms with Crippen LogP contribution in [0.2, 0.25) is 0 Å². The van der Waals surface area contributed by atoms with Crippen LogP contribution in [0.4, 0.5) is 0 Å². The van der Waals surface area contributed by atoms with Crippen LogP contribution in [-0.2, 0) is 7.05 Å². The molecule has 0 spiro atoms. The molecule has 4 rings (SSSR count). The first kappa shape index (κ1) is 8.17. The van der Waals surface area contributed by atoms with Gasteiger partial charge in [0.2, 0.25) is 0 Å². The molecule has 4 aromatic rings. The molecule has 0 fully saturated rings. The third-order valence-corrected chi connectivity index (χ3v) is 5.56. The molecule has 32 heavy (non-hydrogen) atoms. The number of fused-ring (bicyclic) bond motifs is 1. The van der Waals surface area contributed by atoms with Crippen LogP contribution in [0.25, 0.3) is 28.1 Å². The summed E-state index contributed by atoms with van der Waals surface area (Å²) in [5.74, 6) is -11.6. The quantitative estimate of drug-likeness (QED) is 0.276. The Bertz CT molecular complexity index is 1920. The summed E-state index contributed by atoms with van der Waals surface area (Å²) in [5, 5.41) is 0. The van der Waals surface area contributed by atoms with E-state index in [-0.39, 0.29) is 11.3 Å². The highest BCUT2D eigenvalue weighted by molar-refractivity contribution is 5.81. The van der Waals surface area contributed by atoms with Gasteiger partial charge >= 0.3 is 0 Å². The number of para-hydroxylation sites is 2. The molecule has 2 heteroatoms. The minimum absolute atomic E-state index is 0.0557. The summed E-state index contributed by atoms with van der Waals surface area (Å²) in [6.45, 7) is -21.6. The number of nitrogens with zero attached hydrogens (tertiary/aromatic N) is 2. The lowest BCUT2D eigenvalue weighted by molar-refractivity contribution is -0.633. The largest absolute Gasteiger partial charge is 0.295 e. The second-order valence-electron chi connectivity index (χ2n) is 7.57. The molecule has 0 aliphatic heterocycles. The lowest BCUT2D eigenvalue weighted by atomic mass is 9.87. The zero-order valence-corrected chi connectivity index (χ0v) is 17.7. The van der Waals surface area contributed by atoms with Gasteiger partial charge in [-0.15, -0.1) is 0 Å². The van der Waals surface area contributed by atoms with Gasteiger partial charge in [0.1, 0.15) is 5.69 Å². The number of aryl methyl sites for hydroxylation is 2. The van der Waals surface area contributed by atoms with Gasteiger partial charge in [-0.05, 0) is 53.9 Å². The van der Waals surface area contributed by atoms with Crippen molar-refractivity contribution in [3.8, 4) is 17.1 Å². The SMILES string of the molecule is [2H]C([2H])([2H])C([2H])(c1cc(C([2H])(C([2H])([2H])[2H])C([2H])([2H])[2H])c(-n2c(-c3ccccc3C)[n+](C)c3ccccc32)c(C([2H])(C([2H])([2H])[2H])C([2H])([2H])[2H])c1)C([2H])([2H])[2H]. The van der Waals surface area contributed by atoms with Crippen molar-refractivity contribution in [3.05, 3.63) is 82.9 Å². The van der Waals surface area contributed by atoms with Crippen LogP contribution < -0.4 is 4.57 Å². The van der Waals surface area contributed by atoms with Gasteiger partial charge in [-0.2, -0.15) is 4.57 Å². The Morgan fingerprint density at radius 1 is 0.812 bits per heavy atom. The molecular formula is C30H37N2+. The molecule has 2 nitrogen and oxygen atoms in total. The third-order valence-electron chi connectivity index (χ3n) is 5.56. The molecule has 0 aliphatic carbocycles. The number of rotatable bonds is 5. The summed E-state index contributed by atoms with van der Waals surface area (Å²) < 4.78 is 181. The molecular weight excluding hydrogens is 388 g/mol. The average Bonchev–Trinajstić information content (AvgIpc) is 3.27. The molecule has 0 bridgehead atoms. The van der Waals surface area contributed by atoms with Crippen molar-refractivity contribution >= 4 is 11.0 Å². The minimum Gasteiger partial charge on any atom is -0.225 e. The normalized spacial score (nSPS) is 25.0. The van der Waals surface area contributed by atoms with E-state index in [1.807, 2.05) is 0 Å². The second-order valence-corrected chi connectivity index (χ2v) is 7.57. The van der Waals surface area contributed by atoms with Crippen LogP contribution >= 0.6 is 0 Å². The Balaban J connectivity index is 2.62. The van der Waals surface area contributed by atoms with Crippen LogP contribution in [0.5, 0.6) is 0 Å². The monoisotopic (exact) mass is 446 g/mol. The highest BCUT2D eigenvalue weighted by atomic mass is 15.2. The Morgan fingerprint density at radius 2 is 1.41 bits per heavy atom. The van der Waals surface area contributed by atoms with Crippen LogP contribution in [0, 0.1) is 6.92 Å². The molecule has 0 saturated heterocycles. The molecule has 0 radical (unpaired) electrons. The zero-order chi connectivity index (χ0) is 40.9. The summed E-state index contributed by atoms with van der Waals surface area (Å²) in [5.41, 5.74) is -3.33. The fourth-order valence-electron chi connectivity index (χ4n) is 4.07. The zero-order valence-electron chi connectivity index (χ0n) is 38.7. The van der Waals surface area contributed by atoms with Crippen molar-refractivity contribution in [1.82, 2.24) is 4.57 Å². The van der Waals surface area contributed by atoms with Gasteiger partial charge in [-0.3, -0.25) is 0 Å². The molecule has 0 atom stereocenters. The molecule has 1 aromatic heterocycles. The maximum Gasteiger partial charge on any atom is 0.295 e. The van der Waals surface area contributed by atoms with Gasteiger partial charge in [-0.1, -0.05) is 83.6 Å². The van der Waals surface area contributed by atoms with Gasteiger partial charge in [0.25, 0.3) is 5.82 Å². The van der Waals surface area contributed by atoms with Gasteiger partial charge in [-0.25, -0.2) is 4.57 Å². The van der Waals surface area contributed by atoms with E-state index in [0.717, 1.165) is 4.57 Å². The molecule has 166 valence electrons. The number of imidazole rings is 1. The van der Waals surface area contributed by atoms with Crippen molar-refractivity contribution in [3.63, 3.8) is 0 Å². The van der Waals surface area contributed by atoms with Crippen molar-refractivity contribution in [2.75, 3.05) is 0 Å². The topological polar surface area (TPSA) is 8.81 Å². The second kappa shape index (κ2) is 8.58. The van der Waals surface area contributed by atoms with E-state index in [2.05, 4.69) is 0 Å². The molecule has 0 unspecified atom stereocenters. The van der Waals surface area contributed by atoms with Crippen LogP contribution in [0.15, 0.2) is 60.7 Å². The lowest BCUT2D eigenvalue weighted by Crippen LogP contribution is -2.30. The maximum atomic E-state index is 9.38. The lowest BCUT2D eigenvalue weighted by Gasteiger charge is -2.21. The van der Waals surface area contributed by atoms with Gasteiger partial charge in [0.05, 0.1) is 12.6 Å². The van der Waals surface area contributed by atoms with E-state index >= 15 is 0 Å². The standard InChI is InChI=1S/C30H37N2/c1-19(2)23-17-25(20(3)4)29(26(18-23)21(5)6)32-28-16-12-11-15-27(28)31(8)30(32)24-14-10-9-13-22(24)7/h9-21H,1-8H3/q+1/i1D3,2D3,3D3,4D3,5D3,6D3,19D,20D,21D. The molecule has 1 heterocycles. The predicted molar refractivity (Wildman–Crippen MR) is 137 cm³/mol. The number of hydrogen-bond donors (Lipinski definition) is 0. The van der Waals surface area contributed by atoms with Crippen LogP contribution in [0.1, 0.15) is 110 Å². The van der Waals surface area contributed by atoms with E-state index in [4.69, 9.17) is 26.0 Å².